The Morgan fingerprint density at radius 1 is 0.861 bits per heavy atom. The smallest absolute Gasteiger partial charge is 0.399 e. The predicted molar refractivity (Wildman–Crippen MR) is 151 cm³/mol. The van der Waals surface area contributed by atoms with Crippen LogP contribution in [0.5, 0.6) is 0 Å². The second-order valence-electron chi connectivity index (χ2n) is 9.39. The molecule has 1 aliphatic rings. The minimum absolute atomic E-state index is 0.296. The highest BCUT2D eigenvalue weighted by Gasteiger charge is 2.52. The Bertz CT molecular complexity index is 1310. The van der Waals surface area contributed by atoms with Crippen LogP contribution in [0.4, 0.5) is 0 Å². The molecule has 190 valence electrons. The third-order valence-corrected chi connectivity index (χ3v) is 7.20. The largest absolute Gasteiger partial charge is 0.498 e. The van der Waals surface area contributed by atoms with E-state index in [2.05, 4.69) is 79.7 Å². The van der Waals surface area contributed by atoms with E-state index in [9.17, 15) is 0 Å². The molecular weight excluding hydrogens is 610 g/mol. The van der Waals surface area contributed by atoms with Crippen molar-refractivity contribution < 1.29 is 9.31 Å². The molecule has 36 heavy (non-hydrogen) atoms. The van der Waals surface area contributed by atoms with Crippen LogP contribution >= 0.6 is 43.5 Å². The minimum Gasteiger partial charge on any atom is -0.399 e. The zero-order valence-corrected chi connectivity index (χ0v) is 24.6. The average molecular weight is 639 g/mol. The summed E-state index contributed by atoms with van der Waals surface area (Å²) in [7, 11) is -0.316. The van der Waals surface area contributed by atoms with E-state index in [0.717, 1.165) is 51.4 Å². The molecule has 0 radical (unpaired) electrons. The summed E-state index contributed by atoms with van der Waals surface area (Å²) < 4.78 is 15.7. The van der Waals surface area contributed by atoms with E-state index >= 15 is 0 Å². The summed E-state index contributed by atoms with van der Waals surface area (Å²) in [5, 5.41) is 10.8. The van der Waals surface area contributed by atoms with Crippen LogP contribution in [0.3, 0.4) is 0 Å². The van der Waals surface area contributed by atoms with Crippen molar-refractivity contribution in [1.82, 2.24) is 29.5 Å². The van der Waals surface area contributed by atoms with Crippen LogP contribution < -0.4 is 5.46 Å². The Hall–Kier alpha value is -1.79. The van der Waals surface area contributed by atoms with Gasteiger partial charge in [0, 0.05) is 52.0 Å². The molecule has 0 aliphatic carbocycles. The summed E-state index contributed by atoms with van der Waals surface area (Å²) in [5.41, 5.74) is 4.02. The number of aromatic nitrogens is 6. The fourth-order valence-corrected chi connectivity index (χ4v) is 4.43. The molecule has 0 N–H and O–H groups in total. The zero-order valence-electron chi connectivity index (χ0n) is 20.7. The number of nitrogens with zero attached hydrogens (tertiary/aromatic N) is 6. The van der Waals surface area contributed by atoms with Gasteiger partial charge in [-0.1, -0.05) is 43.5 Å². The van der Waals surface area contributed by atoms with Crippen LogP contribution in [0.1, 0.15) is 27.7 Å². The van der Waals surface area contributed by atoms with Gasteiger partial charge in [0.05, 0.1) is 41.5 Å². The first-order valence-electron chi connectivity index (χ1n) is 11.6. The Morgan fingerprint density at radius 2 is 1.50 bits per heavy atom. The highest BCUT2D eigenvalue weighted by Crippen LogP contribution is 2.36. The lowest BCUT2D eigenvalue weighted by Crippen LogP contribution is -2.41. The topological polar surface area (TPSA) is 79.9 Å². The molecule has 1 aliphatic heterocycles. The van der Waals surface area contributed by atoms with E-state index in [1.807, 2.05) is 52.5 Å². The van der Waals surface area contributed by atoms with Gasteiger partial charge in [0.1, 0.15) is 5.15 Å². The van der Waals surface area contributed by atoms with Crippen molar-refractivity contribution in [2.24, 2.45) is 0 Å². The minimum atomic E-state index is -0.316. The van der Waals surface area contributed by atoms with Crippen molar-refractivity contribution in [2.75, 3.05) is 10.7 Å². The Balaban J connectivity index is 0.000000170. The summed E-state index contributed by atoms with van der Waals surface area (Å²) in [4.78, 5) is 8.66. The summed E-state index contributed by atoms with van der Waals surface area (Å²) in [5.74, 6) is 0. The Morgan fingerprint density at radius 3 is 2.17 bits per heavy atom. The molecule has 0 unspecified atom stereocenters. The van der Waals surface area contributed by atoms with E-state index < -0.39 is 0 Å². The molecule has 8 nitrogen and oxygen atoms in total. The number of hydrogen-bond acceptors (Lipinski definition) is 6. The van der Waals surface area contributed by atoms with Crippen LogP contribution in [0.25, 0.3) is 22.2 Å². The SMILES string of the molecule is CC1(C)OB(c2cnn(CCBr)c2)OC1(C)C.Clc1ccc2ncc(-c3cnn(CCBr)c3)cc2n1. The molecule has 1 fully saturated rings. The molecule has 5 rings (SSSR count). The van der Waals surface area contributed by atoms with Crippen molar-refractivity contribution >= 4 is 67.1 Å². The second kappa shape index (κ2) is 11.3. The van der Waals surface area contributed by atoms with Gasteiger partial charge in [0.2, 0.25) is 0 Å². The van der Waals surface area contributed by atoms with E-state index in [1.165, 1.54) is 0 Å². The first-order valence-corrected chi connectivity index (χ1v) is 14.2. The lowest BCUT2D eigenvalue weighted by Gasteiger charge is -2.32. The highest BCUT2D eigenvalue weighted by atomic mass is 79.9. The molecule has 0 spiro atoms. The van der Waals surface area contributed by atoms with Gasteiger partial charge in [0.25, 0.3) is 0 Å². The van der Waals surface area contributed by atoms with Gasteiger partial charge in [-0.15, -0.1) is 0 Å². The molecule has 5 heterocycles. The number of hydrogen-bond donors (Lipinski definition) is 0. The lowest BCUT2D eigenvalue weighted by molar-refractivity contribution is 0.00578. The zero-order chi connectivity index (χ0) is 25.9. The molecular formula is C24H28BBr2ClN6O2. The number of rotatable bonds is 6. The lowest BCUT2D eigenvalue weighted by atomic mass is 9.82. The quantitative estimate of drug-likeness (QED) is 0.166. The summed E-state index contributed by atoms with van der Waals surface area (Å²) >= 11 is 12.7. The summed E-state index contributed by atoms with van der Waals surface area (Å²) in [6.45, 7) is 9.89. The monoisotopic (exact) mass is 636 g/mol. The van der Waals surface area contributed by atoms with E-state index in [-0.39, 0.29) is 18.3 Å². The van der Waals surface area contributed by atoms with Gasteiger partial charge in [-0.2, -0.15) is 10.2 Å². The molecule has 4 aromatic rings. The van der Waals surface area contributed by atoms with E-state index in [0.29, 0.717) is 5.15 Å². The standard InChI is InChI=1S/C13H10BrClN4.C11H18BBrN2O2/c14-3-4-19-8-10(7-17-19)9-5-12-11(16-6-9)1-2-13(15)18-12;1-10(2)11(3,4)17-12(16-10)9-7-14-15(8-9)6-5-13/h1-2,5-8H,3-4H2;7-8H,5-6H2,1-4H3. The van der Waals surface area contributed by atoms with Crippen molar-refractivity contribution in [3.63, 3.8) is 0 Å². The third-order valence-electron chi connectivity index (χ3n) is 6.28. The molecule has 12 heteroatoms. The van der Waals surface area contributed by atoms with Gasteiger partial charge >= 0.3 is 7.12 Å². The molecule has 0 amide bonds. The molecule has 0 aromatic carbocycles. The molecule has 0 bridgehead atoms. The van der Waals surface area contributed by atoms with Crippen LogP contribution in [-0.2, 0) is 22.4 Å². The van der Waals surface area contributed by atoms with Gasteiger partial charge < -0.3 is 9.31 Å². The van der Waals surface area contributed by atoms with Crippen molar-refractivity contribution in [3.8, 4) is 11.1 Å². The molecule has 0 atom stereocenters. The van der Waals surface area contributed by atoms with Crippen molar-refractivity contribution in [2.45, 2.75) is 52.0 Å². The number of fused-ring (bicyclic) bond motifs is 1. The number of alkyl halides is 2. The Kier molecular flexibility index (Phi) is 8.56. The van der Waals surface area contributed by atoms with E-state index in [4.69, 9.17) is 20.9 Å². The maximum Gasteiger partial charge on any atom is 0.498 e. The summed E-state index contributed by atoms with van der Waals surface area (Å²) in [6, 6.07) is 5.58. The van der Waals surface area contributed by atoms with Crippen LogP contribution in [0.2, 0.25) is 5.15 Å². The Labute approximate surface area is 233 Å². The maximum atomic E-state index is 5.95. The number of pyridine rings is 2. The van der Waals surface area contributed by atoms with Gasteiger partial charge in [-0.3, -0.25) is 14.3 Å². The normalized spacial score (nSPS) is 16.2. The second-order valence-corrected chi connectivity index (χ2v) is 11.4. The van der Waals surface area contributed by atoms with Gasteiger partial charge in [-0.05, 0) is 45.9 Å². The van der Waals surface area contributed by atoms with E-state index in [1.54, 1.807) is 6.07 Å². The average Bonchev–Trinajstić information content (AvgIpc) is 3.53. The maximum absolute atomic E-state index is 5.95. The predicted octanol–water partition coefficient (Wildman–Crippen LogP) is 5.12. The highest BCUT2D eigenvalue weighted by molar-refractivity contribution is 9.09. The summed E-state index contributed by atoms with van der Waals surface area (Å²) in [6.07, 6.45) is 9.44. The van der Waals surface area contributed by atoms with Crippen LogP contribution in [-0.4, -0.2) is 58.5 Å². The number of halogens is 3. The van der Waals surface area contributed by atoms with Crippen LogP contribution in [0, 0.1) is 0 Å². The van der Waals surface area contributed by atoms with Crippen molar-refractivity contribution in [3.05, 3.63) is 54.3 Å². The van der Waals surface area contributed by atoms with Crippen molar-refractivity contribution in [1.29, 1.82) is 0 Å². The molecule has 0 saturated carbocycles. The van der Waals surface area contributed by atoms with Crippen LogP contribution in [0.15, 0.2) is 49.2 Å². The fraction of sp³-hybridized carbons (Fsp3) is 0.417. The third kappa shape index (κ3) is 6.19. The molecule has 1 saturated heterocycles. The first-order chi connectivity index (χ1) is 17.1. The molecule has 4 aromatic heterocycles. The van der Waals surface area contributed by atoms with Gasteiger partial charge in [-0.25, -0.2) is 4.98 Å². The first kappa shape index (κ1) is 27.3. The van der Waals surface area contributed by atoms with Gasteiger partial charge in [0.15, 0.2) is 0 Å². The fourth-order valence-electron chi connectivity index (χ4n) is 3.55. The number of aryl methyl sites for hydroxylation is 2.